The third-order valence-electron chi connectivity index (χ3n) is 4.63. The second-order valence-electron chi connectivity index (χ2n) is 6.26. The molecule has 0 saturated carbocycles. The van der Waals surface area contributed by atoms with Crippen molar-refractivity contribution in [1.82, 2.24) is 24.5 Å². The molecule has 0 N–H and O–H groups in total. The van der Waals surface area contributed by atoms with Crippen LogP contribution < -0.4 is 9.64 Å². The molecule has 1 fully saturated rings. The fourth-order valence-electron chi connectivity index (χ4n) is 3.10. The zero-order chi connectivity index (χ0) is 17.4. The maximum absolute atomic E-state index is 13.8. The Morgan fingerprint density at radius 2 is 2.20 bits per heavy atom. The largest absolute Gasteiger partial charge is 0.494 e. The van der Waals surface area contributed by atoms with Crippen molar-refractivity contribution in [2.45, 2.75) is 12.6 Å². The molecule has 0 aliphatic carbocycles. The monoisotopic (exact) mass is 342 g/mol. The molecule has 0 atom stereocenters. The Hall–Kier alpha value is -2.74. The fourth-order valence-corrected chi connectivity index (χ4v) is 3.10. The highest BCUT2D eigenvalue weighted by atomic mass is 19.1. The first-order valence-corrected chi connectivity index (χ1v) is 8.07. The summed E-state index contributed by atoms with van der Waals surface area (Å²) in [4.78, 5) is 8.83. The van der Waals surface area contributed by atoms with Crippen molar-refractivity contribution in [3.63, 3.8) is 0 Å². The topological polar surface area (TPSA) is 58.8 Å². The highest BCUT2D eigenvalue weighted by Crippen LogP contribution is 2.25. The van der Waals surface area contributed by atoms with Gasteiger partial charge in [0.1, 0.15) is 6.33 Å². The van der Waals surface area contributed by atoms with Crippen LogP contribution in [0.25, 0.3) is 5.65 Å². The van der Waals surface area contributed by atoms with E-state index in [1.54, 1.807) is 18.6 Å². The van der Waals surface area contributed by atoms with Gasteiger partial charge in [0.05, 0.1) is 7.11 Å². The molecule has 0 radical (unpaired) electrons. The predicted molar refractivity (Wildman–Crippen MR) is 91.2 cm³/mol. The zero-order valence-electron chi connectivity index (χ0n) is 14.1. The van der Waals surface area contributed by atoms with Crippen LogP contribution in [0.4, 0.5) is 10.2 Å². The molecule has 0 amide bonds. The second kappa shape index (κ2) is 6.29. The average Bonchev–Trinajstić information content (AvgIpc) is 3.03. The fraction of sp³-hybridized carbons (Fsp3) is 0.353. The number of anilines is 1. The van der Waals surface area contributed by atoms with Gasteiger partial charge >= 0.3 is 0 Å². The van der Waals surface area contributed by atoms with Crippen molar-refractivity contribution in [1.29, 1.82) is 0 Å². The Kier molecular flexibility index (Phi) is 3.96. The summed E-state index contributed by atoms with van der Waals surface area (Å²) in [5.74, 6) is 0.792. The number of aromatic nitrogens is 4. The summed E-state index contributed by atoms with van der Waals surface area (Å²) < 4.78 is 20.6. The average molecular weight is 342 g/mol. The predicted octanol–water partition coefficient (Wildman–Crippen LogP) is 1.59. The van der Waals surface area contributed by atoms with Gasteiger partial charge in [-0.3, -0.25) is 9.30 Å². The van der Waals surface area contributed by atoms with Gasteiger partial charge < -0.3 is 9.64 Å². The van der Waals surface area contributed by atoms with Gasteiger partial charge in [0.2, 0.25) is 5.65 Å². The normalized spacial score (nSPS) is 15.0. The lowest BCUT2D eigenvalue weighted by Gasteiger charge is -2.44. The highest BCUT2D eigenvalue weighted by Gasteiger charge is 2.32. The van der Waals surface area contributed by atoms with Crippen LogP contribution in [0.3, 0.4) is 0 Å². The van der Waals surface area contributed by atoms with E-state index >= 15 is 0 Å². The Bertz CT molecular complexity index is 892. The summed E-state index contributed by atoms with van der Waals surface area (Å²) in [5.41, 5.74) is 1.69. The summed E-state index contributed by atoms with van der Waals surface area (Å²) in [5, 5.41) is 8.05. The number of hydrogen-bond acceptors (Lipinski definition) is 6. The van der Waals surface area contributed by atoms with Crippen LogP contribution in [-0.2, 0) is 6.54 Å². The molecule has 3 aromatic rings. The van der Waals surface area contributed by atoms with Crippen LogP contribution in [0.1, 0.15) is 5.56 Å². The maximum atomic E-state index is 13.8. The summed E-state index contributed by atoms with van der Waals surface area (Å²) in [6.45, 7) is 2.39. The molecule has 0 bridgehead atoms. The van der Waals surface area contributed by atoms with Gasteiger partial charge in [-0.05, 0) is 24.7 Å². The van der Waals surface area contributed by atoms with E-state index in [1.807, 2.05) is 16.7 Å². The Morgan fingerprint density at radius 1 is 1.36 bits per heavy atom. The van der Waals surface area contributed by atoms with Gasteiger partial charge in [-0.1, -0.05) is 6.07 Å². The van der Waals surface area contributed by atoms with E-state index in [0.29, 0.717) is 12.6 Å². The van der Waals surface area contributed by atoms with E-state index in [4.69, 9.17) is 4.74 Å². The molecule has 7 nitrogen and oxygen atoms in total. The molecule has 0 unspecified atom stereocenters. The van der Waals surface area contributed by atoms with E-state index in [2.05, 4.69) is 32.0 Å². The SMILES string of the molecule is COc1ccc(CN(C)C2CN(c3nccn4cnnc34)C2)cc1F. The van der Waals surface area contributed by atoms with Crippen LogP contribution in [0.5, 0.6) is 5.75 Å². The van der Waals surface area contributed by atoms with Gasteiger partial charge in [0.25, 0.3) is 0 Å². The summed E-state index contributed by atoms with van der Waals surface area (Å²) in [6.07, 6.45) is 5.26. The van der Waals surface area contributed by atoms with Gasteiger partial charge in [-0.25, -0.2) is 9.37 Å². The van der Waals surface area contributed by atoms with Gasteiger partial charge in [-0.15, -0.1) is 10.2 Å². The van der Waals surface area contributed by atoms with E-state index in [-0.39, 0.29) is 11.6 Å². The first kappa shape index (κ1) is 15.8. The molecule has 2 aromatic heterocycles. The Morgan fingerprint density at radius 3 is 2.96 bits per heavy atom. The van der Waals surface area contributed by atoms with Crippen LogP contribution >= 0.6 is 0 Å². The second-order valence-corrected chi connectivity index (χ2v) is 6.26. The van der Waals surface area contributed by atoms with Crippen molar-refractivity contribution in [3.8, 4) is 5.75 Å². The van der Waals surface area contributed by atoms with Crippen molar-refractivity contribution in [3.05, 3.63) is 48.3 Å². The van der Waals surface area contributed by atoms with Crippen LogP contribution in [0.2, 0.25) is 0 Å². The van der Waals surface area contributed by atoms with Crippen LogP contribution in [0.15, 0.2) is 36.9 Å². The van der Waals surface area contributed by atoms with Crippen LogP contribution in [-0.4, -0.2) is 57.8 Å². The van der Waals surface area contributed by atoms with E-state index in [0.717, 1.165) is 30.1 Å². The number of rotatable bonds is 5. The number of methoxy groups -OCH3 is 1. The van der Waals surface area contributed by atoms with Crippen molar-refractivity contribution in [2.24, 2.45) is 0 Å². The number of fused-ring (bicyclic) bond motifs is 1. The summed E-state index contributed by atoms with van der Waals surface area (Å²) in [6, 6.07) is 5.48. The molecule has 25 heavy (non-hydrogen) atoms. The zero-order valence-corrected chi connectivity index (χ0v) is 14.1. The lowest BCUT2D eigenvalue weighted by atomic mass is 10.1. The number of halogens is 1. The lowest BCUT2D eigenvalue weighted by Crippen LogP contribution is -2.58. The lowest BCUT2D eigenvalue weighted by molar-refractivity contribution is 0.196. The van der Waals surface area contributed by atoms with Crippen molar-refractivity contribution < 1.29 is 9.13 Å². The number of benzene rings is 1. The highest BCUT2D eigenvalue weighted by molar-refractivity contribution is 5.64. The molecular weight excluding hydrogens is 323 g/mol. The molecule has 8 heteroatoms. The molecule has 1 aliphatic rings. The third-order valence-corrected chi connectivity index (χ3v) is 4.63. The number of hydrogen-bond donors (Lipinski definition) is 0. The maximum Gasteiger partial charge on any atom is 0.203 e. The summed E-state index contributed by atoms with van der Waals surface area (Å²) in [7, 11) is 3.52. The van der Waals surface area contributed by atoms with Crippen molar-refractivity contribution in [2.75, 3.05) is 32.1 Å². The summed E-state index contributed by atoms with van der Waals surface area (Å²) >= 11 is 0. The minimum Gasteiger partial charge on any atom is -0.494 e. The molecule has 1 aromatic carbocycles. The van der Waals surface area contributed by atoms with Gasteiger partial charge in [-0.2, -0.15) is 0 Å². The van der Waals surface area contributed by atoms with E-state index < -0.39 is 0 Å². The molecular formula is C17H19FN6O. The number of nitrogens with zero attached hydrogens (tertiary/aromatic N) is 6. The molecule has 0 spiro atoms. The quantitative estimate of drug-likeness (QED) is 0.702. The van der Waals surface area contributed by atoms with Gasteiger partial charge in [0, 0.05) is 38.1 Å². The van der Waals surface area contributed by atoms with Crippen LogP contribution in [0, 0.1) is 5.82 Å². The smallest absolute Gasteiger partial charge is 0.203 e. The molecule has 3 heterocycles. The van der Waals surface area contributed by atoms with Gasteiger partial charge in [0.15, 0.2) is 17.4 Å². The first-order valence-electron chi connectivity index (χ1n) is 8.07. The third kappa shape index (κ3) is 2.89. The molecule has 1 saturated heterocycles. The van der Waals surface area contributed by atoms with E-state index in [9.17, 15) is 4.39 Å². The minimum absolute atomic E-state index is 0.272. The standard InChI is InChI=1S/C17H19FN6O/c1-22(8-12-3-4-15(25-2)14(18)7-12)13-9-24(10-13)16-17-21-20-11-23(17)6-5-19-16/h3-7,11,13H,8-10H2,1-2H3. The van der Waals surface area contributed by atoms with E-state index in [1.165, 1.54) is 13.2 Å². The molecule has 4 rings (SSSR count). The Balaban J connectivity index is 1.40. The molecule has 1 aliphatic heterocycles. The first-order chi connectivity index (χ1) is 12.2. The molecule has 130 valence electrons. The number of likely N-dealkylation sites (N-methyl/N-ethyl adjacent to an activating group) is 1. The number of ether oxygens (including phenoxy) is 1. The van der Waals surface area contributed by atoms with Crippen molar-refractivity contribution >= 4 is 11.5 Å². The minimum atomic E-state index is -0.327. The Labute approximate surface area is 144 Å².